The van der Waals surface area contributed by atoms with Gasteiger partial charge in [0.2, 0.25) is 0 Å². The average Bonchev–Trinajstić information content (AvgIpc) is 2.59. The van der Waals surface area contributed by atoms with Crippen LogP contribution in [0, 0.1) is 0 Å². The van der Waals surface area contributed by atoms with Crippen LogP contribution in [0.4, 0.5) is 0 Å². The highest BCUT2D eigenvalue weighted by Crippen LogP contribution is 2.27. The van der Waals surface area contributed by atoms with Gasteiger partial charge in [-0.1, -0.05) is 11.2 Å². The van der Waals surface area contributed by atoms with Crippen molar-refractivity contribution in [2.24, 2.45) is 0 Å². The smallest absolute Gasteiger partial charge is 0.310 e. The molecule has 1 aromatic carbocycles. The summed E-state index contributed by atoms with van der Waals surface area (Å²) in [6, 6.07) is 5.23. The molecule has 0 saturated heterocycles. The fraction of sp³-hybridized carbons (Fsp3) is 0.200. The van der Waals surface area contributed by atoms with E-state index in [0.717, 1.165) is 10.9 Å². The lowest BCUT2D eigenvalue weighted by Crippen LogP contribution is -2.06. The molecule has 78 valence electrons. The summed E-state index contributed by atoms with van der Waals surface area (Å²) in [6.07, 6.45) is 0. The molecule has 1 heterocycles. The number of aromatic nitrogens is 1. The topological polar surface area (TPSA) is 63.3 Å². The first-order valence-electron chi connectivity index (χ1n) is 4.37. The Kier molecular flexibility index (Phi) is 2.48. The number of carboxylic acid groups (broad SMARTS) is 1. The molecule has 2 rings (SSSR count). The van der Waals surface area contributed by atoms with E-state index in [-0.39, 0.29) is 0 Å². The molecule has 0 spiro atoms. The first-order valence-corrected chi connectivity index (χ1v) is 5.16. The summed E-state index contributed by atoms with van der Waals surface area (Å²) in [7, 11) is 0. The minimum atomic E-state index is -0.845. The Morgan fingerprint density at radius 1 is 1.60 bits per heavy atom. The van der Waals surface area contributed by atoms with Crippen LogP contribution < -0.4 is 0 Å². The Balaban J connectivity index is 2.54. The normalized spacial score (nSPS) is 12.9. The van der Waals surface area contributed by atoms with Crippen LogP contribution in [0.3, 0.4) is 0 Å². The van der Waals surface area contributed by atoms with Gasteiger partial charge in [0.05, 0.1) is 11.3 Å². The Labute approximate surface area is 94.0 Å². The van der Waals surface area contributed by atoms with Gasteiger partial charge in [0.25, 0.3) is 0 Å². The second kappa shape index (κ2) is 3.66. The first-order chi connectivity index (χ1) is 7.09. The van der Waals surface area contributed by atoms with Gasteiger partial charge in [-0.05, 0) is 40.5 Å². The third-order valence-electron chi connectivity index (χ3n) is 2.32. The summed E-state index contributed by atoms with van der Waals surface area (Å²) in [4.78, 5) is 10.8. The van der Waals surface area contributed by atoms with Crippen LogP contribution in [0.1, 0.15) is 18.4 Å². The second-order valence-electron chi connectivity index (χ2n) is 3.29. The number of aliphatic carboxylic acids is 1. The quantitative estimate of drug-likeness (QED) is 0.911. The maximum absolute atomic E-state index is 10.8. The standard InChI is InChI=1S/C10H8BrNO3/c1-5(10(13)14)6-2-3-8-7(4-6)9(11)12-15-8/h2-5H,1H3,(H,13,14). The van der Waals surface area contributed by atoms with Crippen LogP contribution in [0.2, 0.25) is 0 Å². The highest BCUT2D eigenvalue weighted by Gasteiger charge is 2.15. The van der Waals surface area contributed by atoms with Crippen molar-refractivity contribution in [3.05, 3.63) is 28.4 Å². The number of benzene rings is 1. The van der Waals surface area contributed by atoms with Gasteiger partial charge in [0, 0.05) is 0 Å². The molecule has 0 aliphatic heterocycles. The third-order valence-corrected chi connectivity index (χ3v) is 2.89. The monoisotopic (exact) mass is 269 g/mol. The fourth-order valence-electron chi connectivity index (χ4n) is 1.34. The largest absolute Gasteiger partial charge is 0.481 e. The minimum Gasteiger partial charge on any atom is -0.481 e. The molecule has 0 aliphatic carbocycles. The van der Waals surface area contributed by atoms with Crippen LogP contribution in [0.25, 0.3) is 11.0 Å². The van der Waals surface area contributed by atoms with Crippen LogP contribution >= 0.6 is 15.9 Å². The summed E-state index contributed by atoms with van der Waals surface area (Å²) >= 11 is 3.23. The summed E-state index contributed by atoms with van der Waals surface area (Å²) in [6.45, 7) is 1.64. The van der Waals surface area contributed by atoms with E-state index >= 15 is 0 Å². The number of halogens is 1. The van der Waals surface area contributed by atoms with Crippen molar-refractivity contribution < 1.29 is 14.4 Å². The van der Waals surface area contributed by atoms with Crippen LogP contribution in [-0.2, 0) is 4.79 Å². The number of carbonyl (C=O) groups is 1. The van der Waals surface area contributed by atoms with Gasteiger partial charge in [-0.15, -0.1) is 0 Å². The highest BCUT2D eigenvalue weighted by atomic mass is 79.9. The number of hydrogen-bond donors (Lipinski definition) is 1. The van der Waals surface area contributed by atoms with E-state index in [4.69, 9.17) is 9.63 Å². The number of nitrogens with zero attached hydrogens (tertiary/aromatic N) is 1. The second-order valence-corrected chi connectivity index (χ2v) is 4.04. The fourth-order valence-corrected chi connectivity index (χ4v) is 1.72. The molecule has 0 saturated carbocycles. The maximum Gasteiger partial charge on any atom is 0.310 e. The lowest BCUT2D eigenvalue weighted by atomic mass is 10.0. The zero-order chi connectivity index (χ0) is 11.0. The zero-order valence-electron chi connectivity index (χ0n) is 7.90. The zero-order valence-corrected chi connectivity index (χ0v) is 9.48. The predicted molar refractivity (Wildman–Crippen MR) is 57.8 cm³/mol. The Bertz CT molecular complexity index is 520. The number of fused-ring (bicyclic) bond motifs is 1. The van der Waals surface area contributed by atoms with Gasteiger partial charge in [0.15, 0.2) is 10.2 Å². The molecule has 0 radical (unpaired) electrons. The Morgan fingerprint density at radius 3 is 3.00 bits per heavy atom. The summed E-state index contributed by atoms with van der Waals surface area (Å²) in [5, 5.41) is 13.4. The summed E-state index contributed by atoms with van der Waals surface area (Å²) in [5.74, 6) is -1.38. The van der Waals surface area contributed by atoms with Crippen molar-refractivity contribution >= 4 is 32.9 Å². The van der Waals surface area contributed by atoms with Gasteiger partial charge in [0.1, 0.15) is 0 Å². The molecule has 4 nitrogen and oxygen atoms in total. The van der Waals surface area contributed by atoms with Crippen LogP contribution in [0.5, 0.6) is 0 Å². The maximum atomic E-state index is 10.8. The van der Waals surface area contributed by atoms with Gasteiger partial charge in [-0.25, -0.2) is 0 Å². The molecule has 2 aromatic rings. The van der Waals surface area contributed by atoms with E-state index < -0.39 is 11.9 Å². The summed E-state index contributed by atoms with van der Waals surface area (Å²) in [5.41, 5.74) is 1.38. The van der Waals surface area contributed by atoms with Crippen molar-refractivity contribution in [3.63, 3.8) is 0 Å². The molecule has 1 unspecified atom stereocenters. The van der Waals surface area contributed by atoms with Gasteiger partial charge < -0.3 is 9.63 Å². The van der Waals surface area contributed by atoms with E-state index in [1.54, 1.807) is 25.1 Å². The molecule has 0 fully saturated rings. The molecule has 0 amide bonds. The molecular weight excluding hydrogens is 262 g/mol. The van der Waals surface area contributed by atoms with E-state index in [1.807, 2.05) is 0 Å². The lowest BCUT2D eigenvalue weighted by molar-refractivity contribution is -0.138. The molecule has 15 heavy (non-hydrogen) atoms. The predicted octanol–water partition coefficient (Wildman–Crippen LogP) is 2.78. The molecule has 1 atom stereocenters. The minimum absolute atomic E-state index is 0.531. The molecular formula is C10H8BrNO3. The SMILES string of the molecule is CC(C(=O)O)c1ccc2onc(Br)c2c1. The van der Waals surface area contributed by atoms with Crippen molar-refractivity contribution in [2.45, 2.75) is 12.8 Å². The third kappa shape index (κ3) is 1.74. The Morgan fingerprint density at radius 2 is 2.33 bits per heavy atom. The molecule has 1 N–H and O–H groups in total. The molecule has 1 aromatic heterocycles. The van der Waals surface area contributed by atoms with Crippen molar-refractivity contribution in [3.8, 4) is 0 Å². The number of hydrogen-bond acceptors (Lipinski definition) is 3. The average molecular weight is 270 g/mol. The number of carboxylic acids is 1. The van der Waals surface area contributed by atoms with Crippen molar-refractivity contribution in [1.29, 1.82) is 0 Å². The number of rotatable bonds is 2. The van der Waals surface area contributed by atoms with Gasteiger partial charge in [-0.3, -0.25) is 4.79 Å². The molecule has 0 bridgehead atoms. The van der Waals surface area contributed by atoms with E-state index in [2.05, 4.69) is 21.1 Å². The highest BCUT2D eigenvalue weighted by molar-refractivity contribution is 9.10. The molecule has 0 aliphatic rings. The lowest BCUT2D eigenvalue weighted by Gasteiger charge is -2.05. The van der Waals surface area contributed by atoms with Crippen molar-refractivity contribution in [2.75, 3.05) is 0 Å². The van der Waals surface area contributed by atoms with Gasteiger partial charge >= 0.3 is 5.97 Å². The van der Waals surface area contributed by atoms with E-state index in [1.165, 1.54) is 0 Å². The van der Waals surface area contributed by atoms with Crippen molar-refractivity contribution in [1.82, 2.24) is 5.16 Å². The van der Waals surface area contributed by atoms with E-state index in [9.17, 15) is 4.79 Å². The first kappa shape index (κ1) is 10.2. The van der Waals surface area contributed by atoms with E-state index in [0.29, 0.717) is 10.2 Å². The molecule has 5 heteroatoms. The van der Waals surface area contributed by atoms with Gasteiger partial charge in [-0.2, -0.15) is 0 Å². The summed E-state index contributed by atoms with van der Waals surface area (Å²) < 4.78 is 5.59. The van der Waals surface area contributed by atoms with Crippen LogP contribution in [-0.4, -0.2) is 16.2 Å². The van der Waals surface area contributed by atoms with Crippen LogP contribution in [0.15, 0.2) is 27.3 Å². The Hall–Kier alpha value is -1.36.